The molecule has 1 radical (unpaired) electrons. The van der Waals surface area contributed by atoms with Crippen LogP contribution < -0.4 is 0 Å². The van der Waals surface area contributed by atoms with E-state index < -0.39 is 5.97 Å². The van der Waals surface area contributed by atoms with Gasteiger partial charge in [-0.15, -0.1) is 6.07 Å². The predicted molar refractivity (Wildman–Crippen MR) is 162 cm³/mol. The standard InChI is InChI=1S/C32H31N3O3.C2H4O2.Nb/c1-6-20-9-12-25-18(4)23(7-2)27(34-25)16-26-19(5)30-28(36)15-24(32(30)35-26)31-21(10-13-29(37)38)14-22(33-31)11-8-17(20)3;1-4-2-3;/h6,11-12,16,21,34H,1,7,10,13-15H2,2-5H3,(H,37,38);2H,1H3;/q-2;;+2. The molecule has 2 aromatic heterocycles. The van der Waals surface area contributed by atoms with Crippen LogP contribution in [0.15, 0.2) is 24.8 Å². The summed E-state index contributed by atoms with van der Waals surface area (Å²) in [5.41, 5.74) is 11.4. The van der Waals surface area contributed by atoms with E-state index in [-0.39, 0.29) is 46.9 Å². The van der Waals surface area contributed by atoms with E-state index in [9.17, 15) is 14.7 Å². The Hall–Kier alpha value is -3.85. The smallest absolute Gasteiger partial charge is 0.481 e. The number of allylic oxidation sites excluding steroid dienone is 2. The normalized spacial score (nSPS) is 14.6. The Morgan fingerprint density at radius 1 is 1.21 bits per heavy atom. The molecule has 0 saturated carbocycles. The summed E-state index contributed by atoms with van der Waals surface area (Å²) in [7, 11) is 1.31. The number of H-pyrrole nitrogens is 1. The van der Waals surface area contributed by atoms with Crippen molar-refractivity contribution in [1.29, 1.82) is 0 Å². The van der Waals surface area contributed by atoms with Crippen LogP contribution in [-0.2, 0) is 60.8 Å². The summed E-state index contributed by atoms with van der Waals surface area (Å²) < 4.78 is 3.86. The van der Waals surface area contributed by atoms with Crippen LogP contribution in [0.5, 0.6) is 0 Å². The fourth-order valence-electron chi connectivity index (χ4n) is 5.67. The monoisotopic (exact) mass is 658 g/mol. The van der Waals surface area contributed by atoms with E-state index in [0.717, 1.165) is 62.4 Å². The van der Waals surface area contributed by atoms with Gasteiger partial charge in [-0.2, -0.15) is 18.7 Å². The van der Waals surface area contributed by atoms with E-state index in [0.29, 0.717) is 30.6 Å². The van der Waals surface area contributed by atoms with Crippen LogP contribution in [0.25, 0.3) is 28.3 Å². The Morgan fingerprint density at radius 2 is 1.93 bits per heavy atom. The molecule has 5 rings (SSSR count). The Bertz CT molecular complexity index is 1690. The third-order valence-electron chi connectivity index (χ3n) is 7.87. The van der Waals surface area contributed by atoms with Gasteiger partial charge < -0.3 is 19.8 Å². The summed E-state index contributed by atoms with van der Waals surface area (Å²) in [5, 5.41) is 9.34. The number of aliphatic carboxylic acids is 1. The van der Waals surface area contributed by atoms with Gasteiger partial charge in [0.2, 0.25) is 0 Å². The number of aromatic nitrogens is 3. The number of aryl methyl sites for hydroxylation is 3. The summed E-state index contributed by atoms with van der Waals surface area (Å²) in [5.74, 6) is -0.893. The zero-order chi connectivity index (χ0) is 30.6. The van der Waals surface area contributed by atoms with Gasteiger partial charge in [-0.3, -0.25) is 14.4 Å². The topological polar surface area (TPSA) is 122 Å². The number of carboxylic acids is 1. The number of Topliss-reactive ketones (excluding diaryl/α,β-unsaturated/α-hetero) is 1. The Balaban J connectivity index is 0.000000954. The number of rotatable bonds is 6. The van der Waals surface area contributed by atoms with Crippen LogP contribution in [0.2, 0.25) is 0 Å². The number of fused-ring (bicyclic) bond motifs is 6. The number of methoxy groups -OCH3 is 1. The molecule has 0 saturated heterocycles. The van der Waals surface area contributed by atoms with Gasteiger partial charge in [-0.25, -0.2) is 28.2 Å². The number of hydrogen-bond acceptors (Lipinski definition) is 6. The van der Waals surface area contributed by atoms with Crippen LogP contribution in [0.1, 0.15) is 83.2 Å². The Labute approximate surface area is 267 Å². The van der Waals surface area contributed by atoms with Gasteiger partial charge >= 0.3 is 28.3 Å². The largest absolute Gasteiger partial charge is 2.00 e. The van der Waals surface area contributed by atoms with Crippen molar-refractivity contribution >= 4 is 46.5 Å². The maximum absolute atomic E-state index is 13.2. The molecule has 9 heteroatoms. The van der Waals surface area contributed by atoms with Crippen molar-refractivity contribution < 1.29 is 46.6 Å². The molecule has 8 nitrogen and oxygen atoms in total. The SMILES string of the molecule is C=Cc1[c-]cc2[nH]c(cc3nc4c(c5nc(c[c-]c1C)CC5CCC(=O)O)CC(=O)C4=C3C)c(CC)c2C.COC=O.[Nb+2]. The van der Waals surface area contributed by atoms with Crippen molar-refractivity contribution in [2.75, 3.05) is 7.11 Å². The second-order valence-corrected chi connectivity index (χ2v) is 10.5. The number of aromatic amines is 1. The number of hydrogen-bond donors (Lipinski definition) is 2. The van der Waals surface area contributed by atoms with Crippen LogP contribution in [0.4, 0.5) is 0 Å². The average molecular weight is 659 g/mol. The molecule has 2 N–H and O–H groups in total. The second-order valence-electron chi connectivity index (χ2n) is 10.5. The third kappa shape index (κ3) is 7.04. The summed E-state index contributed by atoms with van der Waals surface area (Å²) in [6.07, 6.45) is 3.94. The molecular weight excluding hydrogens is 623 g/mol. The van der Waals surface area contributed by atoms with Gasteiger partial charge in [-0.05, 0) is 61.7 Å². The van der Waals surface area contributed by atoms with Crippen molar-refractivity contribution in [2.24, 2.45) is 0 Å². The molecule has 1 unspecified atom stereocenters. The molecule has 3 aliphatic rings. The second kappa shape index (κ2) is 14.6. The average Bonchev–Trinajstić information content (AvgIpc) is 3.69. The summed E-state index contributed by atoms with van der Waals surface area (Å²) in [6, 6.07) is 12.5. The van der Waals surface area contributed by atoms with Gasteiger partial charge in [0.15, 0.2) is 5.78 Å². The summed E-state index contributed by atoms with van der Waals surface area (Å²) in [6.45, 7) is 12.5. The van der Waals surface area contributed by atoms with Crippen molar-refractivity contribution in [3.8, 4) is 0 Å². The molecule has 0 amide bonds. The first kappa shape index (κ1) is 33.6. The molecular formula is C34H35N3NbO5. The minimum absolute atomic E-state index is 0. The summed E-state index contributed by atoms with van der Waals surface area (Å²) in [4.78, 5) is 46.9. The van der Waals surface area contributed by atoms with E-state index in [1.807, 2.05) is 32.0 Å². The summed E-state index contributed by atoms with van der Waals surface area (Å²) >= 11 is 0. The molecule has 6 bridgehead atoms. The molecule has 1 aliphatic carbocycles. The Kier molecular flexibility index (Phi) is 11.4. The van der Waals surface area contributed by atoms with Gasteiger partial charge in [0, 0.05) is 35.2 Å². The maximum atomic E-state index is 13.2. The maximum Gasteiger partial charge on any atom is 2.00 e. The first-order valence-corrected chi connectivity index (χ1v) is 13.9. The van der Waals surface area contributed by atoms with E-state index in [1.54, 1.807) is 6.08 Å². The van der Waals surface area contributed by atoms with Crippen LogP contribution in [0.3, 0.4) is 0 Å². The number of ether oxygens (including phenoxy) is 1. The van der Waals surface area contributed by atoms with Crippen molar-refractivity contribution in [1.82, 2.24) is 15.0 Å². The van der Waals surface area contributed by atoms with Gasteiger partial charge in [0.05, 0.1) is 18.5 Å². The first-order valence-electron chi connectivity index (χ1n) is 13.9. The van der Waals surface area contributed by atoms with E-state index >= 15 is 0 Å². The van der Waals surface area contributed by atoms with E-state index in [4.69, 9.17) is 14.8 Å². The Morgan fingerprint density at radius 3 is 2.56 bits per heavy atom. The fourth-order valence-corrected chi connectivity index (χ4v) is 5.67. The van der Waals surface area contributed by atoms with Crippen molar-refractivity contribution in [3.05, 3.63) is 87.5 Å². The number of ketones is 1. The molecule has 1 atom stereocenters. The molecule has 43 heavy (non-hydrogen) atoms. The van der Waals surface area contributed by atoms with Gasteiger partial charge in [0.1, 0.15) is 0 Å². The molecule has 4 heterocycles. The van der Waals surface area contributed by atoms with E-state index in [1.165, 1.54) is 12.7 Å². The third-order valence-corrected chi connectivity index (χ3v) is 7.87. The number of carboxylic acid groups (broad SMARTS) is 1. The quantitative estimate of drug-likeness (QED) is 0.227. The zero-order valence-electron chi connectivity index (χ0n) is 25.1. The molecule has 2 aliphatic heterocycles. The minimum Gasteiger partial charge on any atom is -0.481 e. The van der Waals surface area contributed by atoms with Crippen LogP contribution >= 0.6 is 0 Å². The predicted octanol–water partition coefficient (Wildman–Crippen LogP) is 5.85. The van der Waals surface area contributed by atoms with Crippen LogP contribution in [-0.4, -0.2) is 45.4 Å². The van der Waals surface area contributed by atoms with E-state index in [2.05, 4.69) is 42.3 Å². The van der Waals surface area contributed by atoms with Crippen molar-refractivity contribution in [2.45, 2.75) is 65.7 Å². The molecule has 2 aromatic rings. The van der Waals surface area contributed by atoms with Crippen LogP contribution in [0, 0.1) is 26.0 Å². The number of nitrogens with zero attached hydrogens (tertiary/aromatic N) is 2. The van der Waals surface area contributed by atoms with Gasteiger partial charge in [-0.1, -0.05) is 25.1 Å². The fraction of sp³-hybridized carbons (Fsp3) is 0.324. The zero-order valence-corrected chi connectivity index (χ0v) is 27.3. The van der Waals surface area contributed by atoms with Gasteiger partial charge in [0.25, 0.3) is 6.47 Å². The molecule has 0 fully saturated rings. The number of nitrogens with one attached hydrogen (secondary N) is 1. The minimum atomic E-state index is -0.842. The molecule has 0 aromatic carbocycles. The van der Waals surface area contributed by atoms with Crippen molar-refractivity contribution in [3.63, 3.8) is 0 Å². The first-order chi connectivity index (χ1) is 20.1. The number of carbonyl (C=O) groups excluding carboxylic acids is 2. The number of carbonyl (C=O) groups is 3. The molecule has 0 spiro atoms. The molecule has 221 valence electrons.